The van der Waals surface area contributed by atoms with Crippen molar-refractivity contribution >= 4 is 28.3 Å². The van der Waals surface area contributed by atoms with Gasteiger partial charge in [-0.2, -0.15) is 5.26 Å². The van der Waals surface area contributed by atoms with Crippen LogP contribution in [-0.2, 0) is 6.42 Å². The minimum atomic E-state index is -0.267. The number of anilines is 2. The van der Waals surface area contributed by atoms with Crippen LogP contribution in [0.4, 0.5) is 11.5 Å². The Labute approximate surface area is 173 Å². The molecule has 0 atom stereocenters. The maximum Gasteiger partial charge on any atom is 0.270 e. The SMILES string of the molecule is Cc1nc(Nc2ccccc2C#N)cc(C(=O)NCCc2c[nH]c3ccccc23)n1. The number of carbonyl (C=O) groups excluding carboxylic acids is 1. The first-order valence-electron chi connectivity index (χ1n) is 9.59. The molecular formula is C23H20N6O. The van der Waals surface area contributed by atoms with E-state index in [4.69, 9.17) is 0 Å². The van der Waals surface area contributed by atoms with E-state index in [1.165, 1.54) is 0 Å². The van der Waals surface area contributed by atoms with Crippen LogP contribution in [0, 0.1) is 18.3 Å². The van der Waals surface area contributed by atoms with Crippen LogP contribution in [0.1, 0.15) is 27.4 Å². The summed E-state index contributed by atoms with van der Waals surface area (Å²) >= 11 is 0. The second-order valence-electron chi connectivity index (χ2n) is 6.83. The van der Waals surface area contributed by atoms with Gasteiger partial charge in [0, 0.05) is 29.7 Å². The number of hydrogen-bond acceptors (Lipinski definition) is 5. The fraction of sp³-hybridized carbons (Fsp3) is 0.130. The summed E-state index contributed by atoms with van der Waals surface area (Å²) in [5.41, 5.74) is 3.64. The van der Waals surface area contributed by atoms with Gasteiger partial charge < -0.3 is 15.6 Å². The van der Waals surface area contributed by atoms with Gasteiger partial charge in [-0.15, -0.1) is 0 Å². The number of rotatable bonds is 6. The van der Waals surface area contributed by atoms with Crippen molar-refractivity contribution in [3.8, 4) is 6.07 Å². The number of fused-ring (bicyclic) bond motifs is 1. The lowest BCUT2D eigenvalue weighted by Gasteiger charge is -2.10. The number of amides is 1. The van der Waals surface area contributed by atoms with E-state index >= 15 is 0 Å². The van der Waals surface area contributed by atoms with Crippen LogP contribution in [0.5, 0.6) is 0 Å². The van der Waals surface area contributed by atoms with Crippen molar-refractivity contribution in [1.29, 1.82) is 5.26 Å². The van der Waals surface area contributed by atoms with Crippen molar-refractivity contribution in [2.24, 2.45) is 0 Å². The molecule has 0 bridgehead atoms. The summed E-state index contributed by atoms with van der Waals surface area (Å²) in [6.45, 7) is 2.22. The van der Waals surface area contributed by atoms with Crippen LogP contribution in [0.25, 0.3) is 10.9 Å². The average Bonchev–Trinajstić information content (AvgIpc) is 3.17. The molecule has 4 aromatic rings. The second-order valence-corrected chi connectivity index (χ2v) is 6.83. The summed E-state index contributed by atoms with van der Waals surface area (Å²) in [5.74, 6) is 0.667. The number of carbonyl (C=O) groups is 1. The van der Waals surface area contributed by atoms with E-state index in [9.17, 15) is 10.1 Å². The molecule has 2 aromatic carbocycles. The van der Waals surface area contributed by atoms with E-state index in [2.05, 4.69) is 37.7 Å². The van der Waals surface area contributed by atoms with Gasteiger partial charge in [0.15, 0.2) is 0 Å². The molecule has 2 aromatic heterocycles. The zero-order valence-electron chi connectivity index (χ0n) is 16.4. The molecule has 0 radical (unpaired) electrons. The first kappa shape index (κ1) is 19.2. The number of nitriles is 1. The molecule has 4 rings (SSSR count). The first-order valence-corrected chi connectivity index (χ1v) is 9.59. The number of aromatic nitrogens is 3. The summed E-state index contributed by atoms with van der Waals surface area (Å²) in [6.07, 6.45) is 2.68. The van der Waals surface area contributed by atoms with Gasteiger partial charge >= 0.3 is 0 Å². The molecular weight excluding hydrogens is 376 g/mol. The van der Waals surface area contributed by atoms with Gasteiger partial charge in [-0.25, -0.2) is 9.97 Å². The van der Waals surface area contributed by atoms with Gasteiger partial charge in [-0.1, -0.05) is 30.3 Å². The maximum absolute atomic E-state index is 12.6. The zero-order chi connectivity index (χ0) is 20.9. The Bertz CT molecular complexity index is 1250. The van der Waals surface area contributed by atoms with E-state index in [-0.39, 0.29) is 11.6 Å². The number of para-hydroxylation sites is 2. The number of nitrogens with zero attached hydrogens (tertiary/aromatic N) is 3. The Hall–Kier alpha value is -4.18. The molecule has 30 heavy (non-hydrogen) atoms. The number of hydrogen-bond donors (Lipinski definition) is 3. The smallest absolute Gasteiger partial charge is 0.270 e. The lowest BCUT2D eigenvalue weighted by molar-refractivity contribution is 0.0949. The van der Waals surface area contributed by atoms with Crippen molar-refractivity contribution in [2.45, 2.75) is 13.3 Å². The highest BCUT2D eigenvalue weighted by molar-refractivity contribution is 5.93. The summed E-state index contributed by atoms with van der Waals surface area (Å²) in [7, 11) is 0. The highest BCUT2D eigenvalue weighted by Crippen LogP contribution is 2.20. The van der Waals surface area contributed by atoms with Crippen molar-refractivity contribution < 1.29 is 4.79 Å². The molecule has 148 valence electrons. The Balaban J connectivity index is 1.44. The summed E-state index contributed by atoms with van der Waals surface area (Å²) in [4.78, 5) is 24.4. The van der Waals surface area contributed by atoms with Crippen LogP contribution in [-0.4, -0.2) is 27.4 Å². The molecule has 0 spiro atoms. The van der Waals surface area contributed by atoms with E-state index < -0.39 is 0 Å². The largest absolute Gasteiger partial charge is 0.361 e. The molecule has 0 saturated carbocycles. The lowest BCUT2D eigenvalue weighted by atomic mass is 10.1. The van der Waals surface area contributed by atoms with Crippen LogP contribution in [0.2, 0.25) is 0 Å². The Morgan fingerprint density at radius 2 is 1.93 bits per heavy atom. The van der Waals surface area contributed by atoms with E-state index in [0.29, 0.717) is 35.9 Å². The molecule has 3 N–H and O–H groups in total. The normalized spacial score (nSPS) is 10.5. The van der Waals surface area contributed by atoms with Crippen molar-refractivity contribution in [3.63, 3.8) is 0 Å². The third kappa shape index (κ3) is 4.13. The van der Waals surface area contributed by atoms with E-state index in [1.807, 2.05) is 30.5 Å². The standard InChI is InChI=1S/C23H20N6O/c1-15-27-21(12-22(28-15)29-19-8-4-2-6-16(19)13-24)23(30)25-11-10-17-14-26-20-9-5-3-7-18(17)20/h2-9,12,14,26H,10-11H2,1H3,(H,25,30)(H,27,28,29). The van der Waals surface area contributed by atoms with Crippen LogP contribution >= 0.6 is 0 Å². The highest BCUT2D eigenvalue weighted by atomic mass is 16.1. The molecule has 0 saturated heterocycles. The van der Waals surface area contributed by atoms with Crippen LogP contribution in [0.15, 0.2) is 60.8 Å². The fourth-order valence-corrected chi connectivity index (χ4v) is 3.32. The molecule has 0 aliphatic rings. The zero-order valence-corrected chi connectivity index (χ0v) is 16.4. The van der Waals surface area contributed by atoms with Gasteiger partial charge in [0.05, 0.1) is 11.3 Å². The molecule has 0 aliphatic heterocycles. The number of H-pyrrole nitrogens is 1. The van der Waals surface area contributed by atoms with Gasteiger partial charge in [0.1, 0.15) is 23.4 Å². The molecule has 2 heterocycles. The average molecular weight is 396 g/mol. The molecule has 7 nitrogen and oxygen atoms in total. The molecule has 1 amide bonds. The van der Waals surface area contributed by atoms with Crippen LogP contribution < -0.4 is 10.6 Å². The molecule has 7 heteroatoms. The van der Waals surface area contributed by atoms with Crippen molar-refractivity contribution in [1.82, 2.24) is 20.3 Å². The van der Waals surface area contributed by atoms with E-state index in [0.717, 1.165) is 16.5 Å². The quantitative estimate of drug-likeness (QED) is 0.459. The topological polar surface area (TPSA) is 106 Å². The Morgan fingerprint density at radius 1 is 1.13 bits per heavy atom. The van der Waals surface area contributed by atoms with Crippen LogP contribution in [0.3, 0.4) is 0 Å². The predicted octanol–water partition coefficient (Wildman–Crippen LogP) is 3.85. The summed E-state index contributed by atoms with van der Waals surface area (Å²) in [5, 5.41) is 16.4. The Morgan fingerprint density at radius 3 is 2.80 bits per heavy atom. The highest BCUT2D eigenvalue weighted by Gasteiger charge is 2.12. The minimum Gasteiger partial charge on any atom is -0.361 e. The summed E-state index contributed by atoms with van der Waals surface area (Å²) in [6, 6.07) is 18.9. The van der Waals surface area contributed by atoms with Crippen molar-refractivity contribution in [2.75, 3.05) is 11.9 Å². The van der Waals surface area contributed by atoms with Gasteiger partial charge in [-0.3, -0.25) is 4.79 Å². The third-order valence-corrected chi connectivity index (χ3v) is 4.74. The number of aromatic amines is 1. The molecule has 0 unspecified atom stereocenters. The maximum atomic E-state index is 12.6. The van der Waals surface area contributed by atoms with Gasteiger partial charge in [-0.05, 0) is 37.1 Å². The first-order chi connectivity index (χ1) is 14.6. The van der Waals surface area contributed by atoms with Gasteiger partial charge in [0.2, 0.25) is 0 Å². The lowest BCUT2D eigenvalue weighted by Crippen LogP contribution is -2.27. The second kappa shape index (κ2) is 8.45. The number of aryl methyl sites for hydroxylation is 1. The fourth-order valence-electron chi connectivity index (χ4n) is 3.32. The monoisotopic (exact) mass is 396 g/mol. The Kier molecular flexibility index (Phi) is 5.39. The number of benzene rings is 2. The summed E-state index contributed by atoms with van der Waals surface area (Å²) < 4.78 is 0. The molecule has 0 aliphatic carbocycles. The van der Waals surface area contributed by atoms with Crippen molar-refractivity contribution in [3.05, 3.63) is 83.4 Å². The van der Waals surface area contributed by atoms with E-state index in [1.54, 1.807) is 31.2 Å². The molecule has 0 fully saturated rings. The minimum absolute atomic E-state index is 0.267. The third-order valence-electron chi connectivity index (χ3n) is 4.74. The van der Waals surface area contributed by atoms with Gasteiger partial charge in [0.25, 0.3) is 5.91 Å². The number of nitrogens with one attached hydrogen (secondary N) is 3. The predicted molar refractivity (Wildman–Crippen MR) is 116 cm³/mol.